The van der Waals surface area contributed by atoms with Crippen LogP contribution in [0.25, 0.3) is 0 Å². The number of halogens is 1. The minimum Gasteiger partial charge on any atom is -0.394 e. The smallest absolute Gasteiger partial charge is 0.245 e. The van der Waals surface area contributed by atoms with Gasteiger partial charge in [0.25, 0.3) is 0 Å². The third-order valence-electron chi connectivity index (χ3n) is 8.05. The van der Waals surface area contributed by atoms with E-state index in [9.17, 15) is 19.5 Å². The van der Waals surface area contributed by atoms with E-state index in [1.807, 2.05) is 30.3 Å². The fourth-order valence-electron chi connectivity index (χ4n) is 6.46. The van der Waals surface area contributed by atoms with E-state index in [2.05, 4.69) is 31.5 Å². The Morgan fingerprint density at radius 3 is 2.61 bits per heavy atom. The van der Waals surface area contributed by atoms with Crippen molar-refractivity contribution in [1.82, 2.24) is 20.4 Å². The van der Waals surface area contributed by atoms with E-state index in [0.29, 0.717) is 32.7 Å². The Kier molecular flexibility index (Phi) is 7.37. The largest absolute Gasteiger partial charge is 0.394 e. The molecule has 11 heteroatoms. The summed E-state index contributed by atoms with van der Waals surface area (Å²) in [4.78, 5) is 44.4. The number of alkyl halides is 1. The van der Waals surface area contributed by atoms with Crippen LogP contribution in [0.15, 0.2) is 30.3 Å². The maximum absolute atomic E-state index is 14.1. The molecule has 4 fully saturated rings. The first kappa shape index (κ1) is 25.6. The zero-order chi connectivity index (χ0) is 25.4. The maximum atomic E-state index is 14.1. The van der Waals surface area contributed by atoms with Crippen molar-refractivity contribution in [3.63, 3.8) is 0 Å². The van der Waals surface area contributed by atoms with Crippen LogP contribution in [0.5, 0.6) is 0 Å². The fraction of sp³-hybridized carbons (Fsp3) is 0.640. The number of hydrogen-bond acceptors (Lipinski definition) is 7. The average molecular weight is 565 g/mol. The molecule has 0 aromatic heterocycles. The third kappa shape index (κ3) is 4.14. The summed E-state index contributed by atoms with van der Waals surface area (Å²) in [7, 11) is 1.54. The van der Waals surface area contributed by atoms with Crippen molar-refractivity contribution in [3.8, 4) is 0 Å². The lowest BCUT2D eigenvalue weighted by Crippen LogP contribution is -2.57. The zero-order valence-corrected chi connectivity index (χ0v) is 21.9. The van der Waals surface area contributed by atoms with Crippen molar-refractivity contribution in [2.45, 2.75) is 35.0 Å². The number of carbonyl (C=O) groups is 3. The minimum absolute atomic E-state index is 0.170. The lowest BCUT2D eigenvalue weighted by atomic mass is 9.70. The molecule has 3 unspecified atom stereocenters. The van der Waals surface area contributed by atoms with Gasteiger partial charge in [0.05, 0.1) is 43.8 Å². The van der Waals surface area contributed by atoms with Gasteiger partial charge < -0.3 is 30.1 Å². The number of aliphatic hydroxyl groups excluding tert-OH is 1. The number of aliphatic hydroxyl groups is 1. The number of benzene rings is 1. The Morgan fingerprint density at radius 2 is 1.94 bits per heavy atom. The number of ether oxygens (including phenoxy) is 2. The SMILES string of the molecule is CNC(=O)[C@H]1[C@@H]2OC3(CC2Br)C(C(=O)NCCN2CCOCC2)N([C@H](CO)c2ccccc2)C(=O)[C@H]13. The van der Waals surface area contributed by atoms with Crippen LogP contribution in [0.2, 0.25) is 0 Å². The first-order valence-corrected chi connectivity index (χ1v) is 13.4. The topological polar surface area (TPSA) is 120 Å². The molecular formula is C25H33BrN4O6. The molecule has 4 aliphatic rings. The summed E-state index contributed by atoms with van der Waals surface area (Å²) in [6.45, 7) is 3.67. The molecule has 0 radical (unpaired) electrons. The Morgan fingerprint density at radius 1 is 1.22 bits per heavy atom. The maximum Gasteiger partial charge on any atom is 0.245 e. The van der Waals surface area contributed by atoms with E-state index in [1.165, 1.54) is 11.9 Å². The second kappa shape index (κ2) is 10.4. The van der Waals surface area contributed by atoms with Gasteiger partial charge in [-0.3, -0.25) is 19.3 Å². The summed E-state index contributed by atoms with van der Waals surface area (Å²) in [5.41, 5.74) is -0.435. The zero-order valence-electron chi connectivity index (χ0n) is 20.3. The first-order chi connectivity index (χ1) is 17.4. The van der Waals surface area contributed by atoms with Crippen LogP contribution >= 0.6 is 15.9 Å². The average Bonchev–Trinajstić information content (AvgIpc) is 3.49. The number of nitrogens with zero attached hydrogens (tertiary/aromatic N) is 2. The molecule has 196 valence electrons. The molecule has 10 nitrogen and oxygen atoms in total. The number of amides is 3. The number of likely N-dealkylation sites (tertiary alicyclic amines) is 1. The molecule has 0 aliphatic carbocycles. The van der Waals surface area contributed by atoms with E-state index in [4.69, 9.17) is 9.47 Å². The second-order valence-corrected chi connectivity index (χ2v) is 11.1. The summed E-state index contributed by atoms with van der Waals surface area (Å²) < 4.78 is 11.8. The summed E-state index contributed by atoms with van der Waals surface area (Å²) >= 11 is 3.65. The summed E-state index contributed by atoms with van der Waals surface area (Å²) in [6.07, 6.45) is -0.0824. The van der Waals surface area contributed by atoms with Crippen molar-refractivity contribution in [2.24, 2.45) is 11.8 Å². The van der Waals surface area contributed by atoms with Crippen LogP contribution in [0, 0.1) is 11.8 Å². The van der Waals surface area contributed by atoms with Crippen molar-refractivity contribution in [1.29, 1.82) is 0 Å². The van der Waals surface area contributed by atoms with E-state index in [1.54, 1.807) is 0 Å². The molecular weight excluding hydrogens is 532 g/mol. The monoisotopic (exact) mass is 564 g/mol. The highest BCUT2D eigenvalue weighted by Crippen LogP contribution is 2.61. The normalized spacial score (nSPS) is 34.5. The van der Waals surface area contributed by atoms with Crippen molar-refractivity contribution >= 4 is 33.7 Å². The Bertz CT molecular complexity index is 992. The quantitative estimate of drug-likeness (QED) is 0.369. The van der Waals surface area contributed by atoms with Gasteiger partial charge in [-0.05, 0) is 12.0 Å². The van der Waals surface area contributed by atoms with Gasteiger partial charge in [0, 0.05) is 38.1 Å². The molecule has 4 saturated heterocycles. The van der Waals surface area contributed by atoms with Gasteiger partial charge in [-0.25, -0.2) is 0 Å². The van der Waals surface area contributed by atoms with Crippen LogP contribution in [-0.4, -0.2) is 108 Å². The molecule has 4 aliphatic heterocycles. The number of rotatable bonds is 8. The van der Waals surface area contributed by atoms with Crippen LogP contribution < -0.4 is 10.6 Å². The van der Waals surface area contributed by atoms with Crippen molar-refractivity contribution in [3.05, 3.63) is 35.9 Å². The number of nitrogens with one attached hydrogen (secondary N) is 2. The molecule has 1 spiro atoms. The molecule has 0 saturated carbocycles. The highest BCUT2D eigenvalue weighted by atomic mass is 79.9. The molecule has 1 aromatic carbocycles. The van der Waals surface area contributed by atoms with Gasteiger partial charge in [-0.15, -0.1) is 0 Å². The van der Waals surface area contributed by atoms with E-state index in [0.717, 1.165) is 18.7 Å². The van der Waals surface area contributed by atoms with E-state index < -0.39 is 35.6 Å². The molecule has 2 bridgehead atoms. The summed E-state index contributed by atoms with van der Waals surface area (Å²) in [6, 6.07) is 7.46. The van der Waals surface area contributed by atoms with Gasteiger partial charge in [0.1, 0.15) is 11.6 Å². The van der Waals surface area contributed by atoms with Crippen LogP contribution in [-0.2, 0) is 23.9 Å². The van der Waals surface area contributed by atoms with Gasteiger partial charge in [0.15, 0.2) is 0 Å². The molecule has 7 atom stereocenters. The van der Waals surface area contributed by atoms with Gasteiger partial charge in [0.2, 0.25) is 17.7 Å². The predicted molar refractivity (Wildman–Crippen MR) is 133 cm³/mol. The van der Waals surface area contributed by atoms with E-state index in [-0.39, 0.29) is 29.2 Å². The molecule has 3 N–H and O–H groups in total. The minimum atomic E-state index is -1.15. The molecule has 5 rings (SSSR count). The lowest BCUT2D eigenvalue weighted by molar-refractivity contribution is -0.145. The van der Waals surface area contributed by atoms with Crippen molar-refractivity contribution in [2.75, 3.05) is 53.0 Å². The van der Waals surface area contributed by atoms with E-state index >= 15 is 0 Å². The van der Waals surface area contributed by atoms with Crippen LogP contribution in [0.4, 0.5) is 0 Å². The fourth-order valence-corrected chi connectivity index (χ4v) is 7.40. The third-order valence-corrected chi connectivity index (χ3v) is 8.89. The first-order valence-electron chi connectivity index (χ1n) is 12.5. The Labute approximate surface area is 218 Å². The molecule has 1 aromatic rings. The lowest BCUT2D eigenvalue weighted by Gasteiger charge is -2.37. The van der Waals surface area contributed by atoms with Gasteiger partial charge >= 0.3 is 0 Å². The highest BCUT2D eigenvalue weighted by molar-refractivity contribution is 9.09. The van der Waals surface area contributed by atoms with Crippen molar-refractivity contribution < 1.29 is 29.0 Å². The number of fused-ring (bicyclic) bond motifs is 1. The Balaban J connectivity index is 1.47. The van der Waals surface area contributed by atoms with Crippen LogP contribution in [0.1, 0.15) is 18.0 Å². The standard InChI is InChI=1S/C25H33BrN4O6/c1-27-22(32)18-19-24(34)30(17(14-31)15-5-3-2-4-6-15)21(25(19)13-16(26)20(18)36-25)23(33)28-7-8-29-9-11-35-12-10-29/h2-6,16-21,31H,7-14H2,1H3,(H,27,32)(H,28,33)/t16?,17-,18-,19+,20-,21?,25?/m1/s1. The number of hydrogen-bond donors (Lipinski definition) is 3. The summed E-state index contributed by atoms with van der Waals surface area (Å²) in [5.74, 6) is -2.46. The summed E-state index contributed by atoms with van der Waals surface area (Å²) in [5, 5.41) is 16.1. The molecule has 3 amide bonds. The second-order valence-electron chi connectivity index (χ2n) is 9.88. The predicted octanol–water partition coefficient (Wildman–Crippen LogP) is -0.338. The van der Waals surface area contributed by atoms with Gasteiger partial charge in [-0.1, -0.05) is 46.3 Å². The number of morpholine rings is 1. The molecule has 36 heavy (non-hydrogen) atoms. The van der Waals surface area contributed by atoms with Gasteiger partial charge in [-0.2, -0.15) is 0 Å². The Hall–Kier alpha value is -2.05. The molecule has 4 heterocycles. The highest BCUT2D eigenvalue weighted by Gasteiger charge is 2.77. The van der Waals surface area contributed by atoms with Crippen LogP contribution in [0.3, 0.4) is 0 Å². The number of carbonyl (C=O) groups excluding carboxylic acids is 3.